The molecule has 0 saturated heterocycles. The summed E-state index contributed by atoms with van der Waals surface area (Å²) < 4.78 is 0. The van der Waals surface area contributed by atoms with Crippen LogP contribution in [0.1, 0.15) is 39.5 Å². The quantitative estimate of drug-likeness (QED) is 0.596. The number of aliphatic carboxylic acids is 1. The molecule has 1 saturated carbocycles. The molecule has 1 aliphatic carbocycles. The summed E-state index contributed by atoms with van der Waals surface area (Å²) in [4.78, 5) is 24.5. The molecule has 2 amide bonds. The maximum atomic E-state index is 12.0. The van der Waals surface area contributed by atoms with E-state index in [1.165, 1.54) is 0 Å². The standard InChI is InChI=1S/C14H26N2O4/c1-10(2)7-11(8-13(18)19)9-15-14(20)16(5-6-17)12-3-4-12/h10-12,17H,3-9H2,1-2H3,(H,15,20)(H,18,19)/t11-/m0/s1. The zero-order valence-corrected chi connectivity index (χ0v) is 12.3. The summed E-state index contributed by atoms with van der Waals surface area (Å²) in [7, 11) is 0. The number of hydrogen-bond acceptors (Lipinski definition) is 3. The normalized spacial score (nSPS) is 16.0. The predicted octanol–water partition coefficient (Wildman–Crippen LogP) is 1.29. The molecule has 1 aliphatic rings. The third-order valence-electron chi connectivity index (χ3n) is 3.40. The van der Waals surface area contributed by atoms with Crippen molar-refractivity contribution in [2.24, 2.45) is 11.8 Å². The number of carbonyl (C=O) groups is 2. The van der Waals surface area contributed by atoms with Crippen molar-refractivity contribution in [2.75, 3.05) is 19.7 Å². The molecule has 116 valence electrons. The van der Waals surface area contributed by atoms with Crippen LogP contribution in [0.4, 0.5) is 4.79 Å². The monoisotopic (exact) mass is 286 g/mol. The molecular formula is C14H26N2O4. The average molecular weight is 286 g/mol. The molecule has 1 fully saturated rings. The third kappa shape index (κ3) is 6.23. The number of carboxylic acids is 1. The molecule has 0 bridgehead atoms. The van der Waals surface area contributed by atoms with Gasteiger partial charge in [0.2, 0.25) is 0 Å². The van der Waals surface area contributed by atoms with E-state index in [9.17, 15) is 9.59 Å². The van der Waals surface area contributed by atoms with Crippen LogP contribution in [-0.4, -0.2) is 52.9 Å². The highest BCUT2D eigenvalue weighted by Gasteiger charge is 2.32. The van der Waals surface area contributed by atoms with Gasteiger partial charge in [0.25, 0.3) is 0 Å². The minimum atomic E-state index is -0.834. The van der Waals surface area contributed by atoms with Crippen molar-refractivity contribution in [1.29, 1.82) is 0 Å². The molecule has 0 aromatic rings. The number of hydrogen-bond donors (Lipinski definition) is 3. The van der Waals surface area contributed by atoms with Gasteiger partial charge >= 0.3 is 12.0 Å². The minimum Gasteiger partial charge on any atom is -0.481 e. The summed E-state index contributed by atoms with van der Waals surface area (Å²) in [5.74, 6) is -0.487. The Morgan fingerprint density at radius 2 is 2.00 bits per heavy atom. The first-order valence-electron chi connectivity index (χ1n) is 7.31. The SMILES string of the molecule is CC(C)C[C@H](CNC(=O)N(CCO)C1CC1)CC(=O)O. The largest absolute Gasteiger partial charge is 0.481 e. The first-order chi connectivity index (χ1) is 9.43. The van der Waals surface area contributed by atoms with Gasteiger partial charge in [-0.1, -0.05) is 13.8 Å². The van der Waals surface area contributed by atoms with E-state index in [-0.39, 0.29) is 31.0 Å². The molecular weight excluding hydrogens is 260 g/mol. The first kappa shape index (κ1) is 16.8. The van der Waals surface area contributed by atoms with Crippen LogP contribution >= 0.6 is 0 Å². The van der Waals surface area contributed by atoms with E-state index in [4.69, 9.17) is 10.2 Å². The van der Waals surface area contributed by atoms with Gasteiger partial charge in [0.05, 0.1) is 6.61 Å². The lowest BCUT2D eigenvalue weighted by atomic mass is 9.94. The lowest BCUT2D eigenvalue weighted by molar-refractivity contribution is -0.138. The highest BCUT2D eigenvalue weighted by molar-refractivity contribution is 5.75. The predicted molar refractivity (Wildman–Crippen MR) is 75.4 cm³/mol. The Kier molecular flexibility index (Phi) is 6.78. The maximum Gasteiger partial charge on any atom is 0.317 e. The number of nitrogens with zero attached hydrogens (tertiary/aromatic N) is 1. The van der Waals surface area contributed by atoms with Crippen molar-refractivity contribution in [3.63, 3.8) is 0 Å². The molecule has 3 N–H and O–H groups in total. The van der Waals surface area contributed by atoms with Gasteiger partial charge in [0, 0.05) is 25.6 Å². The summed E-state index contributed by atoms with van der Waals surface area (Å²) in [5.41, 5.74) is 0. The average Bonchev–Trinajstić information content (AvgIpc) is 3.15. The minimum absolute atomic E-state index is 0.0472. The molecule has 0 radical (unpaired) electrons. The zero-order valence-electron chi connectivity index (χ0n) is 12.3. The lowest BCUT2D eigenvalue weighted by Crippen LogP contribution is -2.44. The van der Waals surface area contributed by atoms with Crippen LogP contribution < -0.4 is 5.32 Å². The molecule has 0 aromatic carbocycles. The number of amides is 2. The van der Waals surface area contributed by atoms with Gasteiger partial charge in [-0.3, -0.25) is 4.79 Å². The number of rotatable bonds is 9. The molecule has 0 heterocycles. The van der Waals surface area contributed by atoms with Crippen molar-refractivity contribution in [3.8, 4) is 0 Å². The first-order valence-corrected chi connectivity index (χ1v) is 7.31. The topological polar surface area (TPSA) is 89.9 Å². The fourth-order valence-electron chi connectivity index (χ4n) is 2.43. The van der Waals surface area contributed by atoms with Crippen LogP contribution in [0.2, 0.25) is 0 Å². The van der Waals surface area contributed by atoms with Gasteiger partial charge < -0.3 is 20.4 Å². The number of aliphatic hydroxyl groups is 1. The molecule has 1 rings (SSSR count). The Bertz CT molecular complexity index is 329. The summed E-state index contributed by atoms with van der Waals surface area (Å²) in [5, 5.41) is 20.7. The summed E-state index contributed by atoms with van der Waals surface area (Å²) >= 11 is 0. The Hall–Kier alpha value is -1.30. The van der Waals surface area contributed by atoms with Crippen LogP contribution in [0.3, 0.4) is 0 Å². The summed E-state index contributed by atoms with van der Waals surface area (Å²) in [6.45, 7) is 4.74. The smallest absolute Gasteiger partial charge is 0.317 e. The van der Waals surface area contributed by atoms with E-state index in [0.29, 0.717) is 19.0 Å². The van der Waals surface area contributed by atoms with Crippen molar-refractivity contribution in [2.45, 2.75) is 45.6 Å². The Morgan fingerprint density at radius 3 is 2.45 bits per heavy atom. The van der Waals surface area contributed by atoms with E-state index in [1.807, 2.05) is 13.8 Å². The van der Waals surface area contributed by atoms with Crippen LogP contribution in [0.15, 0.2) is 0 Å². The number of carboxylic acid groups (broad SMARTS) is 1. The highest BCUT2D eigenvalue weighted by Crippen LogP contribution is 2.26. The lowest BCUT2D eigenvalue weighted by Gasteiger charge is -2.24. The second-order valence-corrected chi connectivity index (χ2v) is 5.93. The fourth-order valence-corrected chi connectivity index (χ4v) is 2.43. The van der Waals surface area contributed by atoms with Gasteiger partial charge in [-0.2, -0.15) is 0 Å². The van der Waals surface area contributed by atoms with Crippen molar-refractivity contribution in [3.05, 3.63) is 0 Å². The second kappa shape index (κ2) is 8.09. The molecule has 0 aliphatic heterocycles. The van der Waals surface area contributed by atoms with Crippen molar-refractivity contribution >= 4 is 12.0 Å². The van der Waals surface area contributed by atoms with Gasteiger partial charge in [-0.15, -0.1) is 0 Å². The maximum absolute atomic E-state index is 12.0. The Labute approximate surface area is 120 Å². The van der Waals surface area contributed by atoms with Crippen LogP contribution in [0.5, 0.6) is 0 Å². The number of carbonyl (C=O) groups excluding carboxylic acids is 1. The number of urea groups is 1. The van der Waals surface area contributed by atoms with Gasteiger partial charge in [0.15, 0.2) is 0 Å². The number of aliphatic hydroxyl groups excluding tert-OH is 1. The highest BCUT2D eigenvalue weighted by atomic mass is 16.4. The molecule has 20 heavy (non-hydrogen) atoms. The van der Waals surface area contributed by atoms with Gasteiger partial charge in [0.1, 0.15) is 0 Å². The molecule has 0 unspecified atom stereocenters. The van der Waals surface area contributed by atoms with E-state index in [0.717, 1.165) is 19.3 Å². The van der Waals surface area contributed by atoms with Crippen LogP contribution in [0.25, 0.3) is 0 Å². The van der Waals surface area contributed by atoms with E-state index in [2.05, 4.69) is 5.32 Å². The molecule has 6 heteroatoms. The van der Waals surface area contributed by atoms with Gasteiger partial charge in [-0.05, 0) is 31.1 Å². The van der Waals surface area contributed by atoms with Crippen molar-refractivity contribution < 1.29 is 19.8 Å². The van der Waals surface area contributed by atoms with E-state index in [1.54, 1.807) is 4.90 Å². The van der Waals surface area contributed by atoms with E-state index >= 15 is 0 Å². The zero-order chi connectivity index (χ0) is 15.1. The van der Waals surface area contributed by atoms with Crippen LogP contribution in [0, 0.1) is 11.8 Å². The Morgan fingerprint density at radius 1 is 1.35 bits per heavy atom. The number of nitrogens with one attached hydrogen (secondary N) is 1. The molecule has 0 aromatic heterocycles. The van der Waals surface area contributed by atoms with E-state index < -0.39 is 5.97 Å². The summed E-state index contributed by atoms with van der Waals surface area (Å²) in [6, 6.07) is 0.0471. The fraction of sp³-hybridized carbons (Fsp3) is 0.857. The summed E-state index contributed by atoms with van der Waals surface area (Å²) in [6.07, 6.45) is 2.81. The molecule has 0 spiro atoms. The molecule has 1 atom stereocenters. The Balaban J connectivity index is 2.43. The second-order valence-electron chi connectivity index (χ2n) is 5.93. The van der Waals surface area contributed by atoms with Gasteiger partial charge in [-0.25, -0.2) is 4.79 Å². The van der Waals surface area contributed by atoms with Crippen LogP contribution in [-0.2, 0) is 4.79 Å². The third-order valence-corrected chi connectivity index (χ3v) is 3.40. The molecule has 6 nitrogen and oxygen atoms in total. The van der Waals surface area contributed by atoms with Crippen molar-refractivity contribution in [1.82, 2.24) is 10.2 Å².